The summed E-state index contributed by atoms with van der Waals surface area (Å²) in [4.78, 5) is 11.5. The quantitative estimate of drug-likeness (QED) is 0.397. The number of rotatable bonds is 1. The molecule has 1 saturated carbocycles. The van der Waals surface area contributed by atoms with Crippen molar-refractivity contribution in [3.63, 3.8) is 0 Å². The fourth-order valence-electron chi connectivity index (χ4n) is 2.10. The van der Waals surface area contributed by atoms with Crippen molar-refractivity contribution in [1.29, 1.82) is 0 Å². The van der Waals surface area contributed by atoms with Crippen LogP contribution in [0.3, 0.4) is 0 Å². The van der Waals surface area contributed by atoms with Crippen molar-refractivity contribution in [2.24, 2.45) is 17.4 Å². The molecule has 3 unspecified atom stereocenters. The van der Waals surface area contributed by atoms with Gasteiger partial charge in [-0.1, -0.05) is 13.3 Å². The second-order valence-electron chi connectivity index (χ2n) is 4.47. The smallest absolute Gasteiger partial charge is 0.321 e. The van der Waals surface area contributed by atoms with Gasteiger partial charge in [0.2, 0.25) is 0 Å². The molecule has 0 spiro atoms. The number of nitrogens with one attached hydrogen (secondary N) is 2. The Hall–Kier alpha value is -0.880. The van der Waals surface area contributed by atoms with Crippen LogP contribution >= 0.6 is 12.2 Å². The summed E-state index contributed by atoms with van der Waals surface area (Å²) in [6, 6.07) is -0.0645. The zero-order valence-corrected chi connectivity index (χ0v) is 10.3. The fourth-order valence-corrected chi connectivity index (χ4v) is 2.19. The van der Waals surface area contributed by atoms with Crippen LogP contribution in [0.2, 0.25) is 0 Å². The van der Waals surface area contributed by atoms with E-state index in [0.29, 0.717) is 5.92 Å². The summed E-state index contributed by atoms with van der Waals surface area (Å²) in [5.74, 6) is 0.436. The normalized spacial score (nSPS) is 30.2. The number of carbonyl (C=O) groups excluding carboxylic acids is 1. The molecule has 0 radical (unpaired) electrons. The number of nitrogens with two attached hydrogens (primary N) is 2. The molecule has 1 aliphatic rings. The van der Waals surface area contributed by atoms with Crippen LogP contribution in [0.1, 0.15) is 32.6 Å². The first-order valence-electron chi connectivity index (χ1n) is 5.61. The second kappa shape index (κ2) is 6.00. The molecular weight excluding hydrogens is 224 g/mol. The zero-order valence-electron chi connectivity index (χ0n) is 9.53. The van der Waals surface area contributed by atoms with E-state index in [1.54, 1.807) is 0 Å². The van der Waals surface area contributed by atoms with Crippen molar-refractivity contribution in [2.75, 3.05) is 0 Å². The summed E-state index contributed by atoms with van der Waals surface area (Å²) in [6.45, 7) is 2.13. The molecule has 0 saturated heterocycles. The molecule has 2 amide bonds. The van der Waals surface area contributed by atoms with Gasteiger partial charge in [0.05, 0.1) is 0 Å². The molecule has 1 rings (SSSR count). The first kappa shape index (κ1) is 13.2. The van der Waals surface area contributed by atoms with Gasteiger partial charge in [-0.15, -0.1) is 0 Å². The highest BCUT2D eigenvalue weighted by molar-refractivity contribution is 7.80. The monoisotopic (exact) mass is 244 g/mol. The predicted molar refractivity (Wildman–Crippen MR) is 67.8 cm³/mol. The lowest BCUT2D eigenvalue weighted by atomic mass is 9.96. The number of thiocarbonyl (C=S) groups is 1. The molecule has 0 aromatic heterocycles. The van der Waals surface area contributed by atoms with Gasteiger partial charge in [0.1, 0.15) is 0 Å². The Morgan fingerprint density at radius 2 is 2.12 bits per heavy atom. The highest BCUT2D eigenvalue weighted by Crippen LogP contribution is 2.22. The van der Waals surface area contributed by atoms with Crippen molar-refractivity contribution in [3.05, 3.63) is 0 Å². The van der Waals surface area contributed by atoms with Crippen LogP contribution in [-0.4, -0.2) is 23.2 Å². The first-order valence-corrected chi connectivity index (χ1v) is 6.02. The molecule has 5 nitrogen and oxygen atoms in total. The number of amides is 2. The largest absolute Gasteiger partial charge is 0.376 e. The molecule has 0 aromatic carbocycles. The van der Waals surface area contributed by atoms with Gasteiger partial charge in [0.25, 0.3) is 0 Å². The van der Waals surface area contributed by atoms with Gasteiger partial charge >= 0.3 is 6.03 Å². The van der Waals surface area contributed by atoms with Crippen molar-refractivity contribution in [2.45, 2.75) is 44.7 Å². The molecule has 0 aliphatic heterocycles. The minimum absolute atomic E-state index is 0.0110. The van der Waals surface area contributed by atoms with E-state index in [9.17, 15) is 4.79 Å². The number of carbonyl (C=O) groups is 1. The van der Waals surface area contributed by atoms with Crippen LogP contribution in [0.15, 0.2) is 0 Å². The maximum absolute atomic E-state index is 11.5. The summed E-state index contributed by atoms with van der Waals surface area (Å²) >= 11 is 4.60. The van der Waals surface area contributed by atoms with Crippen molar-refractivity contribution < 1.29 is 4.79 Å². The minimum Gasteiger partial charge on any atom is -0.376 e. The van der Waals surface area contributed by atoms with Crippen molar-refractivity contribution in [3.8, 4) is 0 Å². The van der Waals surface area contributed by atoms with Gasteiger partial charge in [-0.3, -0.25) is 5.32 Å². The Morgan fingerprint density at radius 3 is 2.75 bits per heavy atom. The number of hydrogen-bond acceptors (Lipinski definition) is 3. The third kappa shape index (κ3) is 4.32. The average molecular weight is 244 g/mol. The third-order valence-corrected chi connectivity index (χ3v) is 3.13. The standard InChI is InChI=1S/C10H20N4OS/c1-6-3-2-4-7(11)5-8(6)13-10(15)14-9(12)16/h6-8H,2-5,11H2,1H3,(H4,12,13,14,15,16). The fraction of sp³-hybridized carbons (Fsp3) is 0.800. The van der Waals surface area contributed by atoms with E-state index in [4.69, 9.17) is 11.5 Å². The molecule has 0 heterocycles. The highest BCUT2D eigenvalue weighted by Gasteiger charge is 2.25. The third-order valence-electron chi connectivity index (χ3n) is 3.03. The topological polar surface area (TPSA) is 93.2 Å². The van der Waals surface area contributed by atoms with Gasteiger partial charge in [-0.05, 0) is 37.4 Å². The molecule has 0 bridgehead atoms. The molecule has 1 fully saturated rings. The van der Waals surface area contributed by atoms with E-state index < -0.39 is 0 Å². The van der Waals surface area contributed by atoms with Gasteiger partial charge in [-0.2, -0.15) is 0 Å². The van der Waals surface area contributed by atoms with E-state index in [2.05, 4.69) is 29.8 Å². The number of urea groups is 1. The Kier molecular flexibility index (Phi) is 4.95. The molecule has 6 N–H and O–H groups in total. The lowest BCUT2D eigenvalue weighted by Crippen LogP contribution is -2.49. The maximum Gasteiger partial charge on any atom is 0.321 e. The molecule has 16 heavy (non-hydrogen) atoms. The lowest BCUT2D eigenvalue weighted by molar-refractivity contribution is 0.234. The summed E-state index contributed by atoms with van der Waals surface area (Å²) in [7, 11) is 0. The van der Waals surface area contributed by atoms with E-state index in [1.165, 1.54) is 0 Å². The van der Waals surface area contributed by atoms with Crippen LogP contribution in [0, 0.1) is 5.92 Å². The van der Waals surface area contributed by atoms with Crippen molar-refractivity contribution >= 4 is 23.4 Å². The molecule has 3 atom stereocenters. The maximum atomic E-state index is 11.5. The van der Waals surface area contributed by atoms with Crippen molar-refractivity contribution in [1.82, 2.24) is 10.6 Å². The van der Waals surface area contributed by atoms with E-state index in [1.807, 2.05) is 0 Å². The SMILES string of the molecule is CC1CCCC(N)CC1NC(=O)NC(N)=S. The first-order chi connectivity index (χ1) is 7.49. The van der Waals surface area contributed by atoms with Gasteiger partial charge in [0, 0.05) is 12.1 Å². The van der Waals surface area contributed by atoms with E-state index in [-0.39, 0.29) is 23.2 Å². The summed E-state index contributed by atoms with van der Waals surface area (Å²) in [6.07, 6.45) is 4.05. The van der Waals surface area contributed by atoms with Crippen LogP contribution in [0.4, 0.5) is 4.79 Å². The average Bonchev–Trinajstić information content (AvgIpc) is 2.28. The van der Waals surface area contributed by atoms with Gasteiger partial charge in [0.15, 0.2) is 5.11 Å². The molecule has 0 aromatic rings. The second-order valence-corrected chi connectivity index (χ2v) is 4.91. The van der Waals surface area contributed by atoms with E-state index >= 15 is 0 Å². The Morgan fingerprint density at radius 1 is 1.44 bits per heavy atom. The Balaban J connectivity index is 2.49. The summed E-state index contributed by atoms with van der Waals surface area (Å²) in [5, 5.41) is 5.23. The Bertz CT molecular complexity index is 272. The summed E-state index contributed by atoms with van der Waals surface area (Å²) < 4.78 is 0. The molecule has 1 aliphatic carbocycles. The highest BCUT2D eigenvalue weighted by atomic mass is 32.1. The lowest BCUT2D eigenvalue weighted by Gasteiger charge is -2.24. The van der Waals surface area contributed by atoms with Gasteiger partial charge in [-0.25, -0.2) is 4.79 Å². The zero-order chi connectivity index (χ0) is 12.1. The van der Waals surface area contributed by atoms with Crippen LogP contribution in [0.25, 0.3) is 0 Å². The molecular formula is C10H20N4OS. The van der Waals surface area contributed by atoms with Crippen LogP contribution in [0.5, 0.6) is 0 Å². The van der Waals surface area contributed by atoms with Crippen LogP contribution < -0.4 is 22.1 Å². The predicted octanol–water partition coefficient (Wildman–Crippen LogP) is 0.435. The van der Waals surface area contributed by atoms with Gasteiger partial charge < -0.3 is 16.8 Å². The molecule has 6 heteroatoms. The van der Waals surface area contributed by atoms with Crippen LogP contribution in [-0.2, 0) is 0 Å². The Labute approximate surface area is 101 Å². The van der Waals surface area contributed by atoms with E-state index in [0.717, 1.165) is 25.7 Å². The summed E-state index contributed by atoms with van der Waals surface area (Å²) in [5.41, 5.74) is 11.2. The number of hydrogen-bond donors (Lipinski definition) is 4. The minimum atomic E-state index is -0.335. The molecule has 92 valence electrons.